The molecular weight excluding hydrogens is 200 g/mol. The number of ether oxygens (including phenoxy) is 1. The molecule has 0 bridgehead atoms. The van der Waals surface area contributed by atoms with E-state index in [0.717, 1.165) is 12.8 Å². The Morgan fingerprint density at radius 3 is 2.38 bits per heavy atom. The van der Waals surface area contributed by atoms with Crippen molar-refractivity contribution in [1.29, 1.82) is 0 Å². The molecule has 1 aromatic rings. The summed E-state index contributed by atoms with van der Waals surface area (Å²) in [5, 5.41) is 0. The van der Waals surface area contributed by atoms with Crippen LogP contribution in [0.3, 0.4) is 0 Å². The van der Waals surface area contributed by atoms with E-state index in [1.807, 2.05) is 31.2 Å². The molecule has 0 spiro atoms. The fraction of sp³-hybridized carbons (Fsp3) is 0.500. The molecule has 0 heterocycles. The van der Waals surface area contributed by atoms with Crippen LogP contribution in [0.25, 0.3) is 0 Å². The largest absolute Gasteiger partial charge is 0.462 e. The predicted molar refractivity (Wildman–Crippen MR) is 65.6 cm³/mol. The topological polar surface area (TPSA) is 26.3 Å². The Labute approximate surface area is 97.6 Å². The lowest BCUT2D eigenvalue weighted by Gasteiger charge is -2.06. The van der Waals surface area contributed by atoms with Crippen molar-refractivity contribution >= 4 is 5.97 Å². The Balaban J connectivity index is 2.60. The van der Waals surface area contributed by atoms with Crippen LogP contribution in [0.4, 0.5) is 0 Å². The van der Waals surface area contributed by atoms with Crippen LogP contribution < -0.4 is 0 Å². The molecule has 0 saturated carbocycles. The van der Waals surface area contributed by atoms with E-state index in [9.17, 15) is 4.79 Å². The van der Waals surface area contributed by atoms with Gasteiger partial charge in [0.25, 0.3) is 0 Å². The number of benzene rings is 1. The van der Waals surface area contributed by atoms with E-state index in [4.69, 9.17) is 4.74 Å². The Bertz CT molecular complexity index is 325. The highest BCUT2D eigenvalue weighted by Gasteiger charge is 2.06. The van der Waals surface area contributed by atoms with Crippen molar-refractivity contribution in [2.75, 3.05) is 6.61 Å². The molecule has 0 aliphatic heterocycles. The highest BCUT2D eigenvalue weighted by Crippen LogP contribution is 2.10. The minimum Gasteiger partial charge on any atom is -0.462 e. The van der Waals surface area contributed by atoms with Crippen LogP contribution in [-0.2, 0) is 11.2 Å². The maximum absolute atomic E-state index is 11.5. The first kappa shape index (κ1) is 12.8. The summed E-state index contributed by atoms with van der Waals surface area (Å²) in [6.07, 6.45) is 1.90. The van der Waals surface area contributed by atoms with E-state index < -0.39 is 0 Å². The second kappa shape index (κ2) is 6.31. The van der Waals surface area contributed by atoms with E-state index in [2.05, 4.69) is 13.8 Å². The van der Waals surface area contributed by atoms with E-state index in [1.165, 1.54) is 5.56 Å². The zero-order valence-electron chi connectivity index (χ0n) is 10.3. The Morgan fingerprint density at radius 1 is 1.25 bits per heavy atom. The van der Waals surface area contributed by atoms with Crippen LogP contribution in [0.1, 0.15) is 43.1 Å². The number of hydrogen-bond donors (Lipinski definition) is 0. The summed E-state index contributed by atoms with van der Waals surface area (Å²) in [6.45, 7) is 6.85. The Morgan fingerprint density at radius 2 is 1.88 bits per heavy atom. The van der Waals surface area contributed by atoms with Crippen molar-refractivity contribution in [2.24, 2.45) is 5.92 Å². The molecule has 2 nitrogen and oxygen atoms in total. The third kappa shape index (κ3) is 4.05. The molecule has 0 radical (unpaired) electrons. The maximum Gasteiger partial charge on any atom is 0.338 e. The molecule has 88 valence electrons. The van der Waals surface area contributed by atoms with Crippen LogP contribution in [0.5, 0.6) is 0 Å². The van der Waals surface area contributed by atoms with Crippen molar-refractivity contribution in [3.05, 3.63) is 35.4 Å². The van der Waals surface area contributed by atoms with Crippen molar-refractivity contribution in [3.63, 3.8) is 0 Å². The Kier molecular flexibility index (Phi) is 5.03. The molecule has 0 N–H and O–H groups in total. The van der Waals surface area contributed by atoms with Gasteiger partial charge < -0.3 is 4.74 Å². The zero-order valence-corrected chi connectivity index (χ0v) is 10.3. The summed E-state index contributed by atoms with van der Waals surface area (Å²) < 4.78 is 5.06. The SMILES string of the molecule is CCCOC(=O)c1ccc(CC(C)C)cc1. The first-order valence-corrected chi connectivity index (χ1v) is 5.89. The molecular formula is C14H20O2. The van der Waals surface area contributed by atoms with Crippen LogP contribution in [-0.4, -0.2) is 12.6 Å². The van der Waals surface area contributed by atoms with Gasteiger partial charge in [-0.2, -0.15) is 0 Å². The van der Waals surface area contributed by atoms with Crippen molar-refractivity contribution in [3.8, 4) is 0 Å². The van der Waals surface area contributed by atoms with Gasteiger partial charge in [0.15, 0.2) is 0 Å². The molecule has 1 rings (SSSR count). The fourth-order valence-electron chi connectivity index (χ4n) is 1.53. The van der Waals surface area contributed by atoms with E-state index in [1.54, 1.807) is 0 Å². The summed E-state index contributed by atoms with van der Waals surface area (Å²) in [5.41, 5.74) is 1.91. The first-order chi connectivity index (χ1) is 7.63. The zero-order chi connectivity index (χ0) is 12.0. The van der Waals surface area contributed by atoms with Crippen LogP contribution in [0.2, 0.25) is 0 Å². The second-order valence-corrected chi connectivity index (χ2v) is 4.43. The summed E-state index contributed by atoms with van der Waals surface area (Å²) >= 11 is 0. The molecule has 0 unspecified atom stereocenters. The van der Waals surface area contributed by atoms with E-state index >= 15 is 0 Å². The summed E-state index contributed by atoms with van der Waals surface area (Å²) in [4.78, 5) is 11.5. The molecule has 1 aromatic carbocycles. The van der Waals surface area contributed by atoms with Gasteiger partial charge in [-0.3, -0.25) is 0 Å². The van der Waals surface area contributed by atoms with Crippen LogP contribution >= 0.6 is 0 Å². The van der Waals surface area contributed by atoms with Gasteiger partial charge in [0.05, 0.1) is 12.2 Å². The highest BCUT2D eigenvalue weighted by molar-refractivity contribution is 5.89. The Hall–Kier alpha value is -1.31. The lowest BCUT2D eigenvalue weighted by atomic mass is 10.0. The summed E-state index contributed by atoms with van der Waals surface area (Å²) in [7, 11) is 0. The number of carbonyl (C=O) groups excluding carboxylic acids is 1. The molecule has 0 aromatic heterocycles. The molecule has 0 amide bonds. The van der Waals surface area contributed by atoms with Gasteiger partial charge in [0.1, 0.15) is 0 Å². The number of esters is 1. The highest BCUT2D eigenvalue weighted by atomic mass is 16.5. The lowest BCUT2D eigenvalue weighted by molar-refractivity contribution is 0.0505. The number of carbonyl (C=O) groups is 1. The molecule has 0 atom stereocenters. The minimum atomic E-state index is -0.224. The van der Waals surface area contributed by atoms with Crippen LogP contribution in [0, 0.1) is 5.92 Å². The lowest BCUT2D eigenvalue weighted by Crippen LogP contribution is -2.06. The van der Waals surface area contributed by atoms with Gasteiger partial charge in [-0.15, -0.1) is 0 Å². The molecule has 0 aliphatic rings. The average molecular weight is 220 g/mol. The maximum atomic E-state index is 11.5. The van der Waals surface area contributed by atoms with E-state index in [0.29, 0.717) is 18.1 Å². The molecule has 0 fully saturated rings. The summed E-state index contributed by atoms with van der Waals surface area (Å²) in [5.74, 6) is 0.413. The first-order valence-electron chi connectivity index (χ1n) is 5.89. The molecule has 0 aliphatic carbocycles. The van der Waals surface area contributed by atoms with Gasteiger partial charge in [0.2, 0.25) is 0 Å². The third-order valence-electron chi connectivity index (χ3n) is 2.27. The monoisotopic (exact) mass is 220 g/mol. The van der Waals surface area contributed by atoms with Gasteiger partial charge in [0, 0.05) is 0 Å². The molecule has 0 saturated heterocycles. The normalized spacial score (nSPS) is 10.5. The molecule has 2 heteroatoms. The smallest absolute Gasteiger partial charge is 0.338 e. The van der Waals surface area contributed by atoms with Crippen LogP contribution in [0.15, 0.2) is 24.3 Å². The van der Waals surface area contributed by atoms with Gasteiger partial charge >= 0.3 is 5.97 Å². The number of rotatable bonds is 5. The van der Waals surface area contributed by atoms with Gasteiger partial charge in [-0.1, -0.05) is 32.9 Å². The standard InChI is InChI=1S/C14H20O2/c1-4-9-16-14(15)13-7-5-12(6-8-13)10-11(2)3/h5-8,11H,4,9-10H2,1-3H3. The number of hydrogen-bond acceptors (Lipinski definition) is 2. The van der Waals surface area contributed by atoms with Crippen molar-refractivity contribution in [2.45, 2.75) is 33.6 Å². The third-order valence-corrected chi connectivity index (χ3v) is 2.27. The van der Waals surface area contributed by atoms with Crippen molar-refractivity contribution < 1.29 is 9.53 Å². The fourth-order valence-corrected chi connectivity index (χ4v) is 1.53. The van der Waals surface area contributed by atoms with Crippen molar-refractivity contribution in [1.82, 2.24) is 0 Å². The van der Waals surface area contributed by atoms with E-state index in [-0.39, 0.29) is 5.97 Å². The second-order valence-electron chi connectivity index (χ2n) is 4.43. The quantitative estimate of drug-likeness (QED) is 0.710. The minimum absolute atomic E-state index is 0.224. The van der Waals surface area contributed by atoms with Gasteiger partial charge in [-0.05, 0) is 36.5 Å². The summed E-state index contributed by atoms with van der Waals surface area (Å²) in [6, 6.07) is 7.69. The average Bonchev–Trinajstić information content (AvgIpc) is 2.26. The predicted octanol–water partition coefficient (Wildman–Crippen LogP) is 3.45. The molecule has 16 heavy (non-hydrogen) atoms. The van der Waals surface area contributed by atoms with Gasteiger partial charge in [-0.25, -0.2) is 4.79 Å².